The molecule has 2 heterocycles. The minimum atomic E-state index is -0.343. The molecular weight excluding hydrogens is 329 g/mol. The molecule has 136 valence electrons. The number of pyridine rings is 1. The van der Waals surface area contributed by atoms with Gasteiger partial charge in [-0.25, -0.2) is 9.37 Å². The summed E-state index contributed by atoms with van der Waals surface area (Å²) in [6, 6.07) is 10.4. The predicted molar refractivity (Wildman–Crippen MR) is 102 cm³/mol. The van der Waals surface area contributed by atoms with Crippen LogP contribution < -0.4 is 10.2 Å². The van der Waals surface area contributed by atoms with Gasteiger partial charge in [0.05, 0.1) is 0 Å². The maximum absolute atomic E-state index is 13.5. The smallest absolute Gasteiger partial charge is 0.244 e. The molecule has 0 atom stereocenters. The second kappa shape index (κ2) is 9.13. The maximum Gasteiger partial charge on any atom is 0.244 e. The van der Waals surface area contributed by atoms with Gasteiger partial charge in [-0.15, -0.1) is 0 Å². The Hall–Kier alpha value is -2.69. The molecule has 1 fully saturated rings. The molecular formula is C21H24FN3O. The Balaban J connectivity index is 1.51. The van der Waals surface area contributed by atoms with Crippen LogP contribution in [0.1, 0.15) is 36.8 Å². The summed E-state index contributed by atoms with van der Waals surface area (Å²) in [7, 11) is 0. The molecule has 5 heteroatoms. The lowest BCUT2D eigenvalue weighted by Crippen LogP contribution is -2.25. The first-order valence-electron chi connectivity index (χ1n) is 9.13. The zero-order valence-electron chi connectivity index (χ0n) is 14.8. The van der Waals surface area contributed by atoms with Gasteiger partial charge in [-0.05, 0) is 36.6 Å². The van der Waals surface area contributed by atoms with Crippen LogP contribution in [0.25, 0.3) is 6.08 Å². The van der Waals surface area contributed by atoms with Gasteiger partial charge in [-0.1, -0.05) is 37.1 Å². The average molecular weight is 353 g/mol. The standard InChI is InChI=1S/C21H24FN3O/c22-19-8-4-3-7-18(19)10-12-21(26)24-16-17-9-11-20(23-15-17)25-13-5-1-2-6-14-25/h3-4,7-12,15H,1-2,5-6,13-14,16H2,(H,24,26)/b12-10-. The molecule has 2 aromatic rings. The van der Waals surface area contributed by atoms with Crippen molar-refractivity contribution < 1.29 is 9.18 Å². The van der Waals surface area contributed by atoms with E-state index >= 15 is 0 Å². The molecule has 0 bridgehead atoms. The second-order valence-electron chi connectivity index (χ2n) is 6.50. The fraction of sp³-hybridized carbons (Fsp3) is 0.333. The molecule has 0 aliphatic carbocycles. The zero-order chi connectivity index (χ0) is 18.2. The third-order valence-electron chi connectivity index (χ3n) is 4.53. The van der Waals surface area contributed by atoms with Crippen molar-refractivity contribution in [3.63, 3.8) is 0 Å². The molecule has 1 aliphatic heterocycles. The van der Waals surface area contributed by atoms with Gasteiger partial charge in [0, 0.05) is 37.5 Å². The second-order valence-corrected chi connectivity index (χ2v) is 6.50. The Morgan fingerprint density at radius 3 is 2.58 bits per heavy atom. The largest absolute Gasteiger partial charge is 0.357 e. The first-order chi connectivity index (χ1) is 12.7. The first-order valence-corrected chi connectivity index (χ1v) is 9.13. The highest BCUT2D eigenvalue weighted by Gasteiger charge is 2.10. The third-order valence-corrected chi connectivity index (χ3v) is 4.53. The number of carbonyl (C=O) groups is 1. The molecule has 1 N–H and O–H groups in total. The van der Waals surface area contributed by atoms with Gasteiger partial charge in [0.25, 0.3) is 0 Å². The van der Waals surface area contributed by atoms with Gasteiger partial charge in [0.15, 0.2) is 0 Å². The topological polar surface area (TPSA) is 45.2 Å². The molecule has 4 nitrogen and oxygen atoms in total. The molecule has 1 aromatic heterocycles. The lowest BCUT2D eigenvalue weighted by molar-refractivity contribution is -0.116. The summed E-state index contributed by atoms with van der Waals surface area (Å²) >= 11 is 0. The van der Waals surface area contributed by atoms with Crippen molar-refractivity contribution in [1.29, 1.82) is 0 Å². The minimum Gasteiger partial charge on any atom is -0.357 e. The van der Waals surface area contributed by atoms with Crippen LogP contribution in [-0.4, -0.2) is 24.0 Å². The average Bonchev–Trinajstić information content (AvgIpc) is 2.96. The van der Waals surface area contributed by atoms with E-state index in [1.165, 1.54) is 43.9 Å². The summed E-state index contributed by atoms with van der Waals surface area (Å²) in [6.45, 7) is 2.52. The third kappa shape index (κ3) is 5.15. The van der Waals surface area contributed by atoms with E-state index in [1.807, 2.05) is 12.1 Å². The monoisotopic (exact) mass is 353 g/mol. The zero-order valence-corrected chi connectivity index (χ0v) is 14.8. The number of rotatable bonds is 5. The number of amides is 1. The Labute approximate surface area is 153 Å². The number of nitrogens with zero attached hydrogens (tertiary/aromatic N) is 2. The van der Waals surface area contributed by atoms with E-state index in [-0.39, 0.29) is 11.7 Å². The van der Waals surface area contributed by atoms with Crippen LogP contribution in [0.5, 0.6) is 0 Å². The van der Waals surface area contributed by atoms with E-state index < -0.39 is 0 Å². The Morgan fingerprint density at radius 2 is 1.88 bits per heavy atom. The summed E-state index contributed by atoms with van der Waals surface area (Å²) in [5.74, 6) is 0.399. The summed E-state index contributed by atoms with van der Waals surface area (Å²) in [5.41, 5.74) is 1.34. The van der Waals surface area contributed by atoms with Crippen molar-refractivity contribution in [3.8, 4) is 0 Å². The van der Waals surface area contributed by atoms with Gasteiger partial charge >= 0.3 is 0 Å². The molecule has 0 radical (unpaired) electrons. The molecule has 1 aromatic carbocycles. The van der Waals surface area contributed by atoms with Crippen molar-refractivity contribution in [2.75, 3.05) is 18.0 Å². The van der Waals surface area contributed by atoms with Gasteiger partial charge in [0.1, 0.15) is 11.6 Å². The van der Waals surface area contributed by atoms with Crippen molar-refractivity contribution in [2.24, 2.45) is 0 Å². The minimum absolute atomic E-state index is 0.259. The molecule has 0 saturated carbocycles. The Kier molecular flexibility index (Phi) is 6.36. The molecule has 26 heavy (non-hydrogen) atoms. The van der Waals surface area contributed by atoms with Crippen LogP contribution in [0.2, 0.25) is 0 Å². The van der Waals surface area contributed by atoms with E-state index in [2.05, 4.69) is 15.2 Å². The van der Waals surface area contributed by atoms with Crippen LogP contribution in [0.4, 0.5) is 10.2 Å². The molecule has 1 amide bonds. The number of hydrogen-bond donors (Lipinski definition) is 1. The number of aromatic nitrogens is 1. The molecule has 0 unspecified atom stereocenters. The first kappa shape index (κ1) is 18.1. The molecule has 0 spiro atoms. The van der Waals surface area contributed by atoms with Gasteiger partial charge in [-0.2, -0.15) is 0 Å². The van der Waals surface area contributed by atoms with E-state index in [0.717, 1.165) is 24.5 Å². The van der Waals surface area contributed by atoms with Crippen LogP contribution >= 0.6 is 0 Å². The lowest BCUT2D eigenvalue weighted by atomic mass is 10.2. The van der Waals surface area contributed by atoms with Crippen molar-refractivity contribution in [3.05, 3.63) is 65.6 Å². The van der Waals surface area contributed by atoms with Crippen LogP contribution in [0.3, 0.4) is 0 Å². The van der Waals surface area contributed by atoms with Crippen molar-refractivity contribution >= 4 is 17.8 Å². The van der Waals surface area contributed by atoms with Crippen LogP contribution in [0.15, 0.2) is 48.7 Å². The highest BCUT2D eigenvalue weighted by Crippen LogP contribution is 2.17. The number of halogens is 1. The van der Waals surface area contributed by atoms with E-state index in [4.69, 9.17) is 0 Å². The van der Waals surface area contributed by atoms with E-state index in [9.17, 15) is 9.18 Å². The lowest BCUT2D eigenvalue weighted by Gasteiger charge is -2.21. The quantitative estimate of drug-likeness (QED) is 0.829. The highest BCUT2D eigenvalue weighted by molar-refractivity contribution is 5.91. The highest BCUT2D eigenvalue weighted by atomic mass is 19.1. The van der Waals surface area contributed by atoms with Gasteiger partial charge in [0.2, 0.25) is 5.91 Å². The molecule has 1 aliphatic rings. The number of hydrogen-bond acceptors (Lipinski definition) is 3. The van der Waals surface area contributed by atoms with Crippen LogP contribution in [0, 0.1) is 5.82 Å². The van der Waals surface area contributed by atoms with Gasteiger partial charge in [-0.3, -0.25) is 4.79 Å². The normalized spacial score (nSPS) is 15.0. The summed E-state index contributed by atoms with van der Waals surface area (Å²) in [5, 5.41) is 2.80. The van der Waals surface area contributed by atoms with Crippen molar-refractivity contribution in [2.45, 2.75) is 32.2 Å². The van der Waals surface area contributed by atoms with Crippen LogP contribution in [-0.2, 0) is 11.3 Å². The number of anilines is 1. The number of benzene rings is 1. The fourth-order valence-electron chi connectivity index (χ4n) is 3.03. The fourth-order valence-corrected chi connectivity index (χ4v) is 3.03. The Bertz CT molecular complexity index is 750. The molecule has 1 saturated heterocycles. The number of nitrogens with one attached hydrogen (secondary N) is 1. The summed E-state index contributed by atoms with van der Waals surface area (Å²) in [4.78, 5) is 18.8. The number of carbonyl (C=O) groups excluding carboxylic acids is 1. The predicted octanol–water partition coefficient (Wildman–Crippen LogP) is 3.93. The van der Waals surface area contributed by atoms with E-state index in [0.29, 0.717) is 12.1 Å². The summed E-state index contributed by atoms with van der Waals surface area (Å²) in [6.07, 6.45) is 9.65. The van der Waals surface area contributed by atoms with E-state index in [1.54, 1.807) is 24.4 Å². The van der Waals surface area contributed by atoms with Crippen molar-refractivity contribution in [1.82, 2.24) is 10.3 Å². The van der Waals surface area contributed by atoms with Gasteiger partial charge < -0.3 is 10.2 Å². The molecule has 3 rings (SSSR count). The maximum atomic E-state index is 13.5. The SMILES string of the molecule is O=C(/C=C\c1ccccc1F)NCc1ccc(N2CCCCCC2)nc1. The Morgan fingerprint density at radius 1 is 1.12 bits per heavy atom. The summed E-state index contributed by atoms with van der Waals surface area (Å²) < 4.78 is 13.5.